The maximum atomic E-state index is 12.6. The summed E-state index contributed by atoms with van der Waals surface area (Å²) in [7, 11) is 0. The zero-order valence-corrected chi connectivity index (χ0v) is 18.8. The van der Waals surface area contributed by atoms with E-state index >= 15 is 0 Å². The van der Waals surface area contributed by atoms with E-state index in [4.69, 9.17) is 27.9 Å². The molecule has 1 saturated heterocycles. The van der Waals surface area contributed by atoms with Gasteiger partial charge in [0.15, 0.2) is 5.75 Å². The van der Waals surface area contributed by atoms with Crippen LogP contribution in [0.4, 0.5) is 10.5 Å². The number of thioether (sulfide) groups is 1. The van der Waals surface area contributed by atoms with Crippen molar-refractivity contribution in [2.24, 2.45) is 0 Å². The van der Waals surface area contributed by atoms with Crippen LogP contribution in [0, 0.1) is 6.92 Å². The van der Waals surface area contributed by atoms with E-state index in [-0.39, 0.29) is 20.7 Å². The van der Waals surface area contributed by atoms with Gasteiger partial charge < -0.3 is 20.0 Å². The van der Waals surface area contributed by atoms with Crippen LogP contribution >= 0.6 is 35.0 Å². The van der Waals surface area contributed by atoms with Crippen molar-refractivity contribution >= 4 is 69.8 Å². The van der Waals surface area contributed by atoms with Crippen LogP contribution in [0.2, 0.25) is 10.0 Å². The number of hydrogen-bond acceptors (Lipinski definition) is 7. The largest absolute Gasteiger partial charge is 0.546 e. The third-order valence-electron chi connectivity index (χ3n) is 4.16. The lowest BCUT2D eigenvalue weighted by Crippen LogP contribution is -2.36. The summed E-state index contributed by atoms with van der Waals surface area (Å²) in [5.41, 5.74) is 1.96. The highest BCUT2D eigenvalue weighted by atomic mass is 35.5. The van der Waals surface area contributed by atoms with Crippen LogP contribution in [0.15, 0.2) is 41.3 Å². The van der Waals surface area contributed by atoms with Crippen LogP contribution in [-0.4, -0.2) is 41.1 Å². The molecule has 8 nitrogen and oxygen atoms in total. The van der Waals surface area contributed by atoms with Crippen molar-refractivity contribution in [1.29, 1.82) is 0 Å². The first-order valence-corrected chi connectivity index (χ1v) is 10.6. The number of ether oxygens (including phenoxy) is 1. The number of carboxylic acids is 1. The lowest BCUT2D eigenvalue weighted by atomic mass is 10.2. The Kier molecular flexibility index (Phi) is 7.44. The van der Waals surface area contributed by atoms with Crippen molar-refractivity contribution in [3.63, 3.8) is 0 Å². The minimum Gasteiger partial charge on any atom is -0.546 e. The number of carbonyl (C=O) groups excluding carboxylic acids is 4. The van der Waals surface area contributed by atoms with E-state index in [0.29, 0.717) is 23.0 Å². The lowest BCUT2D eigenvalue weighted by Gasteiger charge is -2.12. The maximum Gasteiger partial charge on any atom is 0.294 e. The molecule has 0 aliphatic carbocycles. The molecular weight excluding hydrogens is 479 g/mol. The highest BCUT2D eigenvalue weighted by Gasteiger charge is 2.36. The number of carboxylic acid groups (broad SMARTS) is 1. The van der Waals surface area contributed by atoms with Crippen molar-refractivity contribution in [1.82, 2.24) is 4.90 Å². The predicted molar refractivity (Wildman–Crippen MR) is 119 cm³/mol. The molecule has 0 radical (unpaired) electrons. The van der Waals surface area contributed by atoms with Gasteiger partial charge in [-0.1, -0.05) is 40.9 Å². The van der Waals surface area contributed by atoms with Gasteiger partial charge in [0.05, 0.1) is 20.9 Å². The highest BCUT2D eigenvalue weighted by Crippen LogP contribution is 2.37. The molecule has 1 fully saturated rings. The second-order valence-corrected chi connectivity index (χ2v) is 8.46. The summed E-state index contributed by atoms with van der Waals surface area (Å²) in [6.45, 7) is 0.739. The number of imide groups is 1. The summed E-state index contributed by atoms with van der Waals surface area (Å²) in [5.74, 6) is -2.64. The molecule has 3 rings (SSSR count). The number of nitrogens with one attached hydrogen (secondary N) is 1. The number of carbonyl (C=O) groups is 4. The number of amides is 3. The Bertz CT molecular complexity index is 1110. The SMILES string of the molecule is Cc1ccc(NC(=O)CN2C(=O)S/C(=C\c3cc(Cl)c(OCC(=O)[O-])c(Cl)c3)C2=O)cc1. The predicted octanol–water partition coefficient (Wildman–Crippen LogP) is 3.11. The van der Waals surface area contributed by atoms with Gasteiger partial charge in [-0.2, -0.15) is 0 Å². The molecule has 1 heterocycles. The van der Waals surface area contributed by atoms with Crippen molar-refractivity contribution in [2.45, 2.75) is 6.92 Å². The Morgan fingerprint density at radius 2 is 1.78 bits per heavy atom. The van der Waals surface area contributed by atoms with Crippen LogP contribution in [0.3, 0.4) is 0 Å². The van der Waals surface area contributed by atoms with Crippen molar-refractivity contribution < 1.29 is 29.0 Å². The van der Waals surface area contributed by atoms with Crippen LogP contribution in [0.25, 0.3) is 6.08 Å². The van der Waals surface area contributed by atoms with Gasteiger partial charge in [0.25, 0.3) is 11.1 Å². The van der Waals surface area contributed by atoms with Gasteiger partial charge in [-0.25, -0.2) is 0 Å². The zero-order valence-electron chi connectivity index (χ0n) is 16.5. The average Bonchev–Trinajstić information content (AvgIpc) is 2.96. The molecule has 1 aliphatic rings. The summed E-state index contributed by atoms with van der Waals surface area (Å²) >= 11 is 12.8. The Morgan fingerprint density at radius 1 is 1.16 bits per heavy atom. The summed E-state index contributed by atoms with van der Waals surface area (Å²) in [6.07, 6.45) is 1.39. The van der Waals surface area contributed by atoms with Gasteiger partial charge >= 0.3 is 0 Å². The number of benzene rings is 2. The standard InChI is InChI=1S/C21H16Cl2N2O6S/c1-11-2-4-13(5-3-11)24-17(26)9-25-20(29)16(32-21(25)30)8-12-6-14(22)19(15(23)7-12)31-10-18(27)28/h2-8H,9-10H2,1H3,(H,24,26)(H,27,28)/p-1/b16-8-. The molecule has 2 aromatic rings. The van der Waals surface area contributed by atoms with Crippen LogP contribution in [0.5, 0.6) is 5.75 Å². The molecule has 3 amide bonds. The normalized spacial score (nSPS) is 14.7. The number of rotatable bonds is 7. The number of halogens is 2. The van der Waals surface area contributed by atoms with E-state index in [1.54, 1.807) is 12.1 Å². The van der Waals surface area contributed by atoms with E-state index in [1.165, 1.54) is 18.2 Å². The van der Waals surface area contributed by atoms with E-state index in [0.717, 1.165) is 10.5 Å². The second kappa shape index (κ2) is 10.1. The monoisotopic (exact) mass is 493 g/mol. The van der Waals surface area contributed by atoms with Gasteiger partial charge in [0.1, 0.15) is 13.2 Å². The number of aryl methyl sites for hydroxylation is 1. The Balaban J connectivity index is 1.71. The molecule has 0 spiro atoms. The van der Waals surface area contributed by atoms with Gasteiger partial charge in [0, 0.05) is 5.69 Å². The minimum absolute atomic E-state index is 0.0155. The number of anilines is 1. The fourth-order valence-corrected chi connectivity index (χ4v) is 4.15. The Labute approximate surface area is 197 Å². The molecule has 2 aromatic carbocycles. The maximum absolute atomic E-state index is 12.6. The highest BCUT2D eigenvalue weighted by molar-refractivity contribution is 8.18. The molecule has 0 unspecified atom stereocenters. The topological polar surface area (TPSA) is 116 Å². The fourth-order valence-electron chi connectivity index (χ4n) is 2.70. The second-order valence-electron chi connectivity index (χ2n) is 6.66. The van der Waals surface area contributed by atoms with Gasteiger partial charge in [-0.3, -0.25) is 19.3 Å². The van der Waals surface area contributed by atoms with E-state index < -0.39 is 36.2 Å². The van der Waals surface area contributed by atoms with Gasteiger partial charge in [-0.05, 0) is 54.6 Å². The van der Waals surface area contributed by atoms with Crippen LogP contribution < -0.4 is 15.2 Å². The Hall–Kier alpha value is -3.01. The molecule has 1 N–H and O–H groups in total. The van der Waals surface area contributed by atoms with E-state index in [1.807, 2.05) is 19.1 Å². The van der Waals surface area contributed by atoms with Crippen LogP contribution in [0.1, 0.15) is 11.1 Å². The molecule has 0 bridgehead atoms. The quantitative estimate of drug-likeness (QED) is 0.588. The molecule has 166 valence electrons. The van der Waals surface area contributed by atoms with Crippen molar-refractivity contribution in [3.05, 3.63) is 62.5 Å². The smallest absolute Gasteiger partial charge is 0.294 e. The zero-order chi connectivity index (χ0) is 23.4. The summed E-state index contributed by atoms with van der Waals surface area (Å²) in [4.78, 5) is 48.6. The minimum atomic E-state index is -1.44. The first kappa shape index (κ1) is 23.6. The Morgan fingerprint density at radius 3 is 2.38 bits per heavy atom. The number of nitrogens with zero attached hydrogens (tertiary/aromatic N) is 1. The third-order valence-corrected chi connectivity index (χ3v) is 5.63. The molecule has 32 heavy (non-hydrogen) atoms. The molecular formula is C21H15Cl2N2O6S-. The molecule has 1 aliphatic heterocycles. The van der Waals surface area contributed by atoms with E-state index in [9.17, 15) is 24.3 Å². The van der Waals surface area contributed by atoms with Gasteiger partial charge in [0.2, 0.25) is 5.91 Å². The van der Waals surface area contributed by atoms with Crippen LogP contribution in [-0.2, 0) is 14.4 Å². The number of hydrogen-bond donors (Lipinski definition) is 1. The molecule has 11 heteroatoms. The van der Waals surface area contributed by atoms with Crippen molar-refractivity contribution in [3.8, 4) is 5.75 Å². The molecule has 0 atom stereocenters. The van der Waals surface area contributed by atoms with Crippen molar-refractivity contribution in [2.75, 3.05) is 18.5 Å². The summed E-state index contributed by atoms with van der Waals surface area (Å²) in [6, 6.07) is 9.88. The number of aliphatic carboxylic acids is 1. The lowest BCUT2D eigenvalue weighted by molar-refractivity contribution is -0.307. The first-order valence-electron chi connectivity index (χ1n) is 9.07. The molecule has 0 saturated carbocycles. The van der Waals surface area contributed by atoms with E-state index in [2.05, 4.69) is 5.32 Å². The summed E-state index contributed by atoms with van der Waals surface area (Å²) < 4.78 is 4.98. The molecule has 0 aromatic heterocycles. The van der Waals surface area contributed by atoms with Gasteiger partial charge in [-0.15, -0.1) is 0 Å². The fraction of sp³-hybridized carbons (Fsp3) is 0.143. The third kappa shape index (κ3) is 5.82. The first-order chi connectivity index (χ1) is 15.1. The average molecular weight is 494 g/mol. The summed E-state index contributed by atoms with van der Waals surface area (Å²) in [5, 5.41) is 12.6.